The van der Waals surface area contributed by atoms with E-state index >= 15 is 4.39 Å². The number of carbonyl (C=O) groups is 2. The van der Waals surface area contributed by atoms with Crippen LogP contribution in [0.15, 0.2) is 30.5 Å². The lowest BCUT2D eigenvalue weighted by atomic mass is 9.77. The monoisotopic (exact) mass is 586 g/mol. The number of amides is 2. The highest BCUT2D eigenvalue weighted by molar-refractivity contribution is 5.97. The second-order valence-corrected chi connectivity index (χ2v) is 10.4. The van der Waals surface area contributed by atoms with Crippen LogP contribution in [0.25, 0.3) is 0 Å². The number of primary amides is 1. The van der Waals surface area contributed by atoms with Gasteiger partial charge in [0.15, 0.2) is 17.2 Å². The van der Waals surface area contributed by atoms with E-state index in [1.165, 1.54) is 19.2 Å². The summed E-state index contributed by atoms with van der Waals surface area (Å²) in [5, 5.41) is 2.42. The summed E-state index contributed by atoms with van der Waals surface area (Å²) in [6.07, 6.45) is -5.56. The Morgan fingerprint density at radius 2 is 1.98 bits per heavy atom. The summed E-state index contributed by atoms with van der Waals surface area (Å²) in [4.78, 5) is 30.6. The lowest BCUT2D eigenvalue weighted by Crippen LogP contribution is -2.47. The van der Waals surface area contributed by atoms with E-state index in [-0.39, 0.29) is 29.7 Å². The molecule has 4 rings (SSSR count). The van der Waals surface area contributed by atoms with Crippen LogP contribution in [0.2, 0.25) is 0 Å². The molecule has 2 fully saturated rings. The Morgan fingerprint density at radius 1 is 1.24 bits per heavy atom. The zero-order chi connectivity index (χ0) is 30.1. The number of hydrogen-bond donors (Lipinski definition) is 2. The Hall–Kier alpha value is -3.36. The molecule has 0 spiro atoms. The molecule has 3 N–H and O–H groups in total. The fourth-order valence-electron chi connectivity index (χ4n) is 5.21. The number of ether oxygens (including phenoxy) is 3. The van der Waals surface area contributed by atoms with Crippen molar-refractivity contribution >= 4 is 17.5 Å². The van der Waals surface area contributed by atoms with Crippen molar-refractivity contribution in [2.75, 3.05) is 38.2 Å². The van der Waals surface area contributed by atoms with Crippen molar-refractivity contribution < 1.29 is 45.8 Å². The molecule has 14 heteroatoms. The molecule has 0 unspecified atom stereocenters. The number of aromatic nitrogens is 1. The number of nitrogens with one attached hydrogen (secondary N) is 1. The van der Waals surface area contributed by atoms with Crippen LogP contribution >= 0.6 is 0 Å². The van der Waals surface area contributed by atoms with Gasteiger partial charge in [-0.25, -0.2) is 4.39 Å². The highest BCUT2D eigenvalue weighted by Crippen LogP contribution is 2.55. The number of halogens is 5. The highest BCUT2D eigenvalue weighted by atomic mass is 19.4. The van der Waals surface area contributed by atoms with Gasteiger partial charge in [-0.3, -0.25) is 19.5 Å². The highest BCUT2D eigenvalue weighted by Gasteiger charge is 2.66. The Labute approximate surface area is 233 Å². The minimum atomic E-state index is -4.91. The van der Waals surface area contributed by atoms with E-state index in [0.29, 0.717) is 26.2 Å². The minimum absolute atomic E-state index is 0.0240. The molecule has 2 amide bonds. The molecular formula is C27H31F5N4O5. The second kappa shape index (κ2) is 11.9. The fraction of sp³-hybridized carbons (Fsp3) is 0.519. The van der Waals surface area contributed by atoms with E-state index in [4.69, 9.17) is 19.9 Å². The van der Waals surface area contributed by atoms with Gasteiger partial charge in [-0.1, -0.05) is 13.0 Å². The number of nitrogens with two attached hydrogens (primary N) is 1. The van der Waals surface area contributed by atoms with E-state index in [0.717, 1.165) is 25.1 Å². The molecule has 2 aliphatic rings. The number of benzene rings is 1. The van der Waals surface area contributed by atoms with Gasteiger partial charge in [-0.15, -0.1) is 0 Å². The van der Waals surface area contributed by atoms with Crippen molar-refractivity contribution in [3.63, 3.8) is 0 Å². The van der Waals surface area contributed by atoms with Crippen molar-refractivity contribution in [3.8, 4) is 5.75 Å². The van der Waals surface area contributed by atoms with E-state index in [1.807, 2.05) is 11.8 Å². The van der Waals surface area contributed by atoms with Gasteiger partial charge < -0.3 is 25.3 Å². The molecule has 41 heavy (non-hydrogen) atoms. The third-order valence-electron chi connectivity index (χ3n) is 7.63. The lowest BCUT2D eigenvalue weighted by molar-refractivity contribution is -0.272. The number of anilines is 1. The van der Waals surface area contributed by atoms with Crippen LogP contribution in [-0.4, -0.2) is 78.5 Å². The quantitative estimate of drug-likeness (QED) is 0.454. The van der Waals surface area contributed by atoms with E-state index in [9.17, 15) is 27.2 Å². The first-order valence-electron chi connectivity index (χ1n) is 13.0. The summed E-state index contributed by atoms with van der Waals surface area (Å²) < 4.78 is 88.9. The first kappa shape index (κ1) is 30.6. The SMILES string of the molecule is C[C@@H]1CN(CCOc2c([C@H]3[C@H](C(=O)Nc4ccnc(C(N)=O)c4)O[C@@](C)(C(F)(F)F)[C@H]3C)ccc(F)c2F)CCO1. The topological polar surface area (TPSA) is 116 Å². The molecule has 9 nitrogen and oxygen atoms in total. The predicted octanol–water partition coefficient (Wildman–Crippen LogP) is 3.64. The van der Waals surface area contributed by atoms with Gasteiger partial charge >= 0.3 is 6.18 Å². The number of alkyl halides is 3. The number of hydrogen-bond acceptors (Lipinski definition) is 7. The van der Waals surface area contributed by atoms with Gasteiger partial charge in [-0.05, 0) is 32.0 Å². The number of rotatable bonds is 8. The maximum Gasteiger partial charge on any atom is 0.417 e. The van der Waals surface area contributed by atoms with Crippen molar-refractivity contribution in [2.45, 2.75) is 50.7 Å². The summed E-state index contributed by atoms with van der Waals surface area (Å²) in [7, 11) is 0. The Balaban J connectivity index is 1.67. The molecule has 3 heterocycles. The molecule has 1 aromatic carbocycles. The smallest absolute Gasteiger partial charge is 0.417 e. The minimum Gasteiger partial charge on any atom is -0.489 e. The zero-order valence-corrected chi connectivity index (χ0v) is 22.6. The summed E-state index contributed by atoms with van der Waals surface area (Å²) >= 11 is 0. The van der Waals surface area contributed by atoms with Crippen molar-refractivity contribution in [2.24, 2.45) is 11.7 Å². The van der Waals surface area contributed by atoms with Crippen molar-refractivity contribution in [3.05, 3.63) is 53.4 Å². The summed E-state index contributed by atoms with van der Waals surface area (Å²) in [6, 6.07) is 4.33. The second-order valence-electron chi connectivity index (χ2n) is 10.4. The largest absolute Gasteiger partial charge is 0.489 e. The molecular weight excluding hydrogens is 555 g/mol. The number of nitrogens with zero attached hydrogens (tertiary/aromatic N) is 2. The maximum absolute atomic E-state index is 15.1. The standard InChI is InChI=1S/C27H31F5N4O5/c1-14-13-36(8-10-39-14)9-11-40-22-17(4-5-18(28)21(22)29)20-15(2)26(3,27(30,31)32)41-23(20)25(38)35-16-6-7-34-19(12-16)24(33)37/h4-7,12,14-15,20,23H,8-11,13H2,1-3H3,(H2,33,37)(H,34,35,38)/t14-,15+,20+,23-,26-/m1/s1. The summed E-state index contributed by atoms with van der Waals surface area (Å²) in [5.74, 6) is -7.94. The molecule has 224 valence electrons. The molecule has 5 atom stereocenters. The van der Waals surface area contributed by atoms with Crippen LogP contribution in [0.4, 0.5) is 27.6 Å². The van der Waals surface area contributed by atoms with Gasteiger partial charge in [0.25, 0.3) is 11.8 Å². The van der Waals surface area contributed by atoms with Gasteiger partial charge in [0, 0.05) is 48.9 Å². The number of morpholine rings is 1. The Morgan fingerprint density at radius 3 is 2.63 bits per heavy atom. The average molecular weight is 587 g/mol. The van der Waals surface area contributed by atoms with Gasteiger partial charge in [0.2, 0.25) is 5.82 Å². The first-order chi connectivity index (χ1) is 19.2. The maximum atomic E-state index is 15.1. The molecule has 0 saturated carbocycles. The molecule has 0 radical (unpaired) electrons. The van der Waals surface area contributed by atoms with Gasteiger partial charge in [-0.2, -0.15) is 17.6 Å². The number of carbonyl (C=O) groups excluding carboxylic acids is 2. The molecule has 1 aromatic heterocycles. The molecule has 2 aliphatic heterocycles. The average Bonchev–Trinajstić information content (AvgIpc) is 3.18. The van der Waals surface area contributed by atoms with Crippen LogP contribution in [0.5, 0.6) is 5.75 Å². The van der Waals surface area contributed by atoms with Crippen molar-refractivity contribution in [1.29, 1.82) is 0 Å². The molecule has 2 aromatic rings. The summed E-state index contributed by atoms with van der Waals surface area (Å²) in [6.45, 7) is 5.83. The predicted molar refractivity (Wildman–Crippen MR) is 136 cm³/mol. The van der Waals surface area contributed by atoms with E-state index in [2.05, 4.69) is 10.3 Å². The van der Waals surface area contributed by atoms with E-state index in [1.54, 1.807) is 0 Å². The van der Waals surface area contributed by atoms with Gasteiger partial charge in [0.1, 0.15) is 18.4 Å². The normalized spacial score (nSPS) is 27.0. The lowest BCUT2D eigenvalue weighted by Gasteiger charge is -2.32. The van der Waals surface area contributed by atoms with Crippen LogP contribution < -0.4 is 15.8 Å². The summed E-state index contributed by atoms with van der Waals surface area (Å²) in [5.41, 5.74) is 2.09. The first-order valence-corrected chi connectivity index (χ1v) is 13.0. The Kier molecular flexibility index (Phi) is 8.85. The zero-order valence-electron chi connectivity index (χ0n) is 22.6. The number of pyridine rings is 1. The van der Waals surface area contributed by atoms with E-state index < -0.39 is 58.9 Å². The third-order valence-corrected chi connectivity index (χ3v) is 7.63. The molecule has 0 aliphatic carbocycles. The Bertz CT molecular complexity index is 1300. The van der Waals surface area contributed by atoms with Crippen LogP contribution in [0.3, 0.4) is 0 Å². The van der Waals surface area contributed by atoms with Crippen LogP contribution in [0.1, 0.15) is 42.7 Å². The van der Waals surface area contributed by atoms with Crippen LogP contribution in [0, 0.1) is 17.6 Å². The van der Waals surface area contributed by atoms with Crippen molar-refractivity contribution in [1.82, 2.24) is 9.88 Å². The fourth-order valence-corrected chi connectivity index (χ4v) is 5.21. The van der Waals surface area contributed by atoms with Crippen LogP contribution in [-0.2, 0) is 14.3 Å². The third kappa shape index (κ3) is 6.28. The molecule has 0 bridgehead atoms. The van der Waals surface area contributed by atoms with Gasteiger partial charge in [0.05, 0.1) is 12.7 Å². The molecule has 2 saturated heterocycles.